The Morgan fingerprint density at radius 1 is 0.516 bits per heavy atom. The summed E-state index contributed by atoms with van der Waals surface area (Å²) in [5.41, 5.74) is 0. The van der Waals surface area contributed by atoms with Gasteiger partial charge in [0, 0.05) is 12.8 Å². The molecular formula is C52H94NO8P. The summed E-state index contributed by atoms with van der Waals surface area (Å²) in [6.45, 7) is 4.09. The van der Waals surface area contributed by atoms with Crippen LogP contribution in [0.15, 0.2) is 60.8 Å². The summed E-state index contributed by atoms with van der Waals surface area (Å²) in [4.78, 5) is 37.7. The van der Waals surface area contributed by atoms with Crippen LogP contribution in [0.25, 0.3) is 0 Å². The summed E-state index contributed by atoms with van der Waals surface area (Å²) in [6.07, 6.45) is 53.9. The molecule has 0 aliphatic rings. The van der Waals surface area contributed by atoms with Crippen molar-refractivity contribution in [2.75, 3.05) is 47.5 Å². The highest BCUT2D eigenvalue weighted by Crippen LogP contribution is 2.38. The third-order valence-electron chi connectivity index (χ3n) is 10.5. The Kier molecular flexibility index (Phi) is 42.3. The van der Waals surface area contributed by atoms with Crippen LogP contribution >= 0.6 is 7.82 Å². The van der Waals surface area contributed by atoms with Gasteiger partial charge in [0.05, 0.1) is 27.7 Å². The third kappa shape index (κ3) is 47.2. The third-order valence-corrected chi connectivity index (χ3v) is 11.5. The molecule has 0 aliphatic heterocycles. The van der Waals surface area contributed by atoms with Crippen molar-refractivity contribution in [1.82, 2.24) is 0 Å². The van der Waals surface area contributed by atoms with Gasteiger partial charge in [0.1, 0.15) is 19.8 Å². The minimum atomic E-state index is -4.64. The lowest BCUT2D eigenvalue weighted by Crippen LogP contribution is -2.37. The van der Waals surface area contributed by atoms with Crippen LogP contribution in [0.4, 0.5) is 0 Å². The molecule has 0 aromatic carbocycles. The van der Waals surface area contributed by atoms with Crippen molar-refractivity contribution < 1.29 is 42.1 Å². The summed E-state index contributed by atoms with van der Waals surface area (Å²) in [7, 11) is 1.15. The van der Waals surface area contributed by atoms with E-state index >= 15 is 0 Å². The van der Waals surface area contributed by atoms with E-state index in [1.807, 2.05) is 21.1 Å². The molecule has 0 radical (unpaired) electrons. The summed E-state index contributed by atoms with van der Waals surface area (Å²) >= 11 is 0. The van der Waals surface area contributed by atoms with E-state index in [9.17, 15) is 19.0 Å². The van der Waals surface area contributed by atoms with Gasteiger partial charge in [0.25, 0.3) is 7.82 Å². The maximum absolute atomic E-state index is 12.7. The fourth-order valence-corrected chi connectivity index (χ4v) is 7.37. The van der Waals surface area contributed by atoms with E-state index in [0.717, 1.165) is 70.6 Å². The number of quaternary nitrogens is 1. The van der Waals surface area contributed by atoms with Crippen LogP contribution in [-0.2, 0) is 32.7 Å². The maximum atomic E-state index is 12.7. The van der Waals surface area contributed by atoms with E-state index in [4.69, 9.17) is 18.5 Å². The highest BCUT2D eigenvalue weighted by atomic mass is 31.2. The minimum Gasteiger partial charge on any atom is -0.756 e. The SMILES string of the molecule is CC/C=C\C/C=C\C/C=C\C/C=C\CCCCCCC(=O)OC[C@H](COP(=O)([O-])OCC[N+](C)(C)C)OC(=O)CCCCCCCCCCCCC/C=C\CCCCCCCC. The molecule has 0 heterocycles. The zero-order chi connectivity index (χ0) is 45.7. The first-order valence-electron chi connectivity index (χ1n) is 25.0. The average Bonchev–Trinajstić information content (AvgIpc) is 3.23. The number of likely N-dealkylation sites (N-methyl/N-ethyl adjacent to an activating group) is 1. The number of phosphoric ester groups is 1. The van der Waals surface area contributed by atoms with Gasteiger partial charge in [0.15, 0.2) is 6.10 Å². The van der Waals surface area contributed by atoms with Crippen LogP contribution in [0.1, 0.15) is 206 Å². The molecule has 0 bridgehead atoms. The first kappa shape index (κ1) is 59.7. The highest BCUT2D eigenvalue weighted by Gasteiger charge is 2.21. The number of allylic oxidation sites excluding steroid dienone is 10. The smallest absolute Gasteiger partial charge is 0.306 e. The maximum Gasteiger partial charge on any atom is 0.306 e. The predicted molar refractivity (Wildman–Crippen MR) is 259 cm³/mol. The molecule has 1 unspecified atom stereocenters. The topological polar surface area (TPSA) is 111 Å². The largest absolute Gasteiger partial charge is 0.756 e. The number of unbranched alkanes of at least 4 members (excludes halogenated alkanes) is 21. The molecule has 0 aliphatic carbocycles. The molecule has 0 aromatic heterocycles. The van der Waals surface area contributed by atoms with Crippen molar-refractivity contribution >= 4 is 19.8 Å². The lowest BCUT2D eigenvalue weighted by Gasteiger charge is -2.28. The molecule has 0 rings (SSSR count). The van der Waals surface area contributed by atoms with Gasteiger partial charge in [-0.05, 0) is 77.0 Å². The van der Waals surface area contributed by atoms with Gasteiger partial charge in [-0.3, -0.25) is 14.2 Å². The first-order chi connectivity index (χ1) is 30.0. The average molecular weight is 892 g/mol. The molecule has 0 saturated heterocycles. The molecule has 10 heteroatoms. The number of rotatable bonds is 45. The van der Waals surface area contributed by atoms with E-state index in [1.54, 1.807) is 0 Å². The summed E-state index contributed by atoms with van der Waals surface area (Å²) in [6, 6.07) is 0. The Bertz CT molecular complexity index is 1240. The van der Waals surface area contributed by atoms with Gasteiger partial charge >= 0.3 is 11.9 Å². The normalized spacial score (nSPS) is 14.0. The first-order valence-corrected chi connectivity index (χ1v) is 26.5. The summed E-state index contributed by atoms with van der Waals surface area (Å²) in [5.74, 6) is -0.862. The van der Waals surface area contributed by atoms with Crippen molar-refractivity contribution in [3.63, 3.8) is 0 Å². The van der Waals surface area contributed by atoms with Gasteiger partial charge in [-0.1, -0.05) is 177 Å². The molecule has 62 heavy (non-hydrogen) atoms. The number of carbonyl (C=O) groups excluding carboxylic acids is 2. The van der Waals surface area contributed by atoms with Crippen LogP contribution in [-0.4, -0.2) is 70.0 Å². The number of phosphoric acid groups is 1. The second kappa shape index (κ2) is 43.9. The minimum absolute atomic E-state index is 0.0371. The van der Waals surface area contributed by atoms with Crippen LogP contribution in [0.3, 0.4) is 0 Å². The Morgan fingerprint density at radius 2 is 0.919 bits per heavy atom. The Balaban J connectivity index is 4.30. The fraction of sp³-hybridized carbons (Fsp3) is 0.769. The number of esters is 2. The van der Waals surface area contributed by atoms with Crippen LogP contribution in [0, 0.1) is 0 Å². The molecule has 0 saturated carbocycles. The zero-order valence-corrected chi connectivity index (χ0v) is 41.4. The van der Waals surface area contributed by atoms with Crippen molar-refractivity contribution in [2.45, 2.75) is 213 Å². The summed E-state index contributed by atoms with van der Waals surface area (Å²) in [5, 5.41) is 0. The molecule has 2 atom stereocenters. The number of ether oxygens (including phenoxy) is 2. The van der Waals surface area contributed by atoms with E-state index < -0.39 is 32.5 Å². The van der Waals surface area contributed by atoms with Gasteiger partial charge in [0.2, 0.25) is 0 Å². The number of carbonyl (C=O) groups is 2. The molecule has 360 valence electrons. The monoisotopic (exact) mass is 892 g/mol. The molecule has 0 aromatic rings. The van der Waals surface area contributed by atoms with Crippen molar-refractivity contribution in [1.29, 1.82) is 0 Å². The Labute approximate surface area is 381 Å². The molecule has 0 spiro atoms. The highest BCUT2D eigenvalue weighted by molar-refractivity contribution is 7.45. The number of nitrogens with zero attached hydrogens (tertiary/aromatic N) is 1. The zero-order valence-electron chi connectivity index (χ0n) is 40.6. The van der Waals surface area contributed by atoms with Gasteiger partial charge in [-0.15, -0.1) is 0 Å². The van der Waals surface area contributed by atoms with Crippen molar-refractivity contribution in [2.24, 2.45) is 0 Å². The molecule has 0 fully saturated rings. The standard InChI is InChI=1S/C52H94NO8P/c1-6-8-10-12-14-16-18-20-22-24-25-26-27-29-31-33-35-37-39-41-43-45-52(55)61-50(49-60-62(56,57)59-47-46-53(3,4)5)48-58-51(54)44-42-40-38-36-34-32-30-28-23-21-19-17-15-13-11-9-7-2/h9,11,15,17,20-23,30,32,50H,6-8,10,12-14,16,18-19,24-29,31,33-49H2,1-5H3/b11-9-,17-15-,22-20-,23-21-,32-30-/t50-/m1/s1. The van der Waals surface area contributed by atoms with E-state index in [0.29, 0.717) is 23.9 Å². The molecular weight excluding hydrogens is 798 g/mol. The molecule has 0 N–H and O–H groups in total. The number of hydrogen-bond donors (Lipinski definition) is 0. The van der Waals surface area contributed by atoms with Crippen LogP contribution < -0.4 is 4.89 Å². The van der Waals surface area contributed by atoms with Crippen molar-refractivity contribution in [3.8, 4) is 0 Å². The van der Waals surface area contributed by atoms with E-state index in [-0.39, 0.29) is 26.1 Å². The van der Waals surface area contributed by atoms with E-state index in [2.05, 4.69) is 74.6 Å². The lowest BCUT2D eigenvalue weighted by molar-refractivity contribution is -0.870. The van der Waals surface area contributed by atoms with Gasteiger partial charge in [-0.25, -0.2) is 0 Å². The second-order valence-electron chi connectivity index (χ2n) is 17.8. The van der Waals surface area contributed by atoms with Gasteiger partial charge < -0.3 is 27.9 Å². The quantitative estimate of drug-likeness (QED) is 0.0195. The number of hydrogen-bond acceptors (Lipinski definition) is 8. The molecule has 0 amide bonds. The van der Waals surface area contributed by atoms with Crippen LogP contribution in [0.5, 0.6) is 0 Å². The van der Waals surface area contributed by atoms with Crippen LogP contribution in [0.2, 0.25) is 0 Å². The van der Waals surface area contributed by atoms with E-state index in [1.165, 1.54) is 96.3 Å². The summed E-state index contributed by atoms with van der Waals surface area (Å²) < 4.78 is 34.0. The van der Waals surface area contributed by atoms with Gasteiger partial charge in [-0.2, -0.15) is 0 Å². The fourth-order valence-electron chi connectivity index (χ4n) is 6.64. The Morgan fingerprint density at radius 3 is 1.39 bits per heavy atom. The Hall–Kier alpha value is -2.29. The second-order valence-corrected chi connectivity index (χ2v) is 19.2. The van der Waals surface area contributed by atoms with Crippen molar-refractivity contribution in [3.05, 3.63) is 60.8 Å². The molecule has 9 nitrogen and oxygen atoms in total. The predicted octanol–water partition coefficient (Wildman–Crippen LogP) is 14.2. The lowest BCUT2D eigenvalue weighted by atomic mass is 10.0.